The highest BCUT2D eigenvalue weighted by molar-refractivity contribution is 5.40. The van der Waals surface area contributed by atoms with Gasteiger partial charge in [-0.1, -0.05) is 13.0 Å². The number of rotatable bonds is 3. The van der Waals surface area contributed by atoms with Gasteiger partial charge in [0, 0.05) is 25.2 Å². The molecule has 0 aliphatic carbocycles. The summed E-state index contributed by atoms with van der Waals surface area (Å²) >= 11 is 0. The molecule has 0 aromatic carbocycles. The Hall–Kier alpha value is -1.09. The number of hydrogen-bond acceptors (Lipinski definition) is 3. The standard InChI is InChI=1S/C15H25N3/c1-12-8-9-18(11-12)14-7-5-6-13(17-14)10-16-15(2,3)4/h5-7,12,16H,8-11H2,1-4H3. The number of pyridine rings is 1. The minimum atomic E-state index is 0.139. The van der Waals surface area contributed by atoms with Gasteiger partial charge in [-0.15, -0.1) is 0 Å². The summed E-state index contributed by atoms with van der Waals surface area (Å²) in [7, 11) is 0. The van der Waals surface area contributed by atoms with Crippen molar-refractivity contribution < 1.29 is 0 Å². The molecular weight excluding hydrogens is 222 g/mol. The van der Waals surface area contributed by atoms with Crippen LogP contribution in [0.4, 0.5) is 5.82 Å². The van der Waals surface area contributed by atoms with Crippen molar-refractivity contribution in [2.24, 2.45) is 5.92 Å². The second-order valence-electron chi connectivity index (χ2n) is 6.43. The molecule has 2 heterocycles. The number of nitrogens with zero attached hydrogens (tertiary/aromatic N) is 2. The van der Waals surface area contributed by atoms with Crippen LogP contribution in [0, 0.1) is 5.92 Å². The molecular formula is C15H25N3. The normalized spacial score (nSPS) is 20.4. The highest BCUT2D eigenvalue weighted by Gasteiger charge is 2.19. The predicted molar refractivity (Wildman–Crippen MR) is 76.8 cm³/mol. The first-order valence-electron chi connectivity index (χ1n) is 6.90. The van der Waals surface area contributed by atoms with E-state index in [2.05, 4.69) is 56.1 Å². The lowest BCUT2D eigenvalue weighted by atomic mass is 10.1. The van der Waals surface area contributed by atoms with Crippen molar-refractivity contribution in [3.63, 3.8) is 0 Å². The Morgan fingerprint density at radius 2 is 2.17 bits per heavy atom. The van der Waals surface area contributed by atoms with Crippen molar-refractivity contribution in [1.82, 2.24) is 10.3 Å². The van der Waals surface area contributed by atoms with Crippen LogP contribution >= 0.6 is 0 Å². The fourth-order valence-electron chi connectivity index (χ4n) is 2.24. The minimum absolute atomic E-state index is 0.139. The number of anilines is 1. The molecule has 1 unspecified atom stereocenters. The summed E-state index contributed by atoms with van der Waals surface area (Å²) in [6, 6.07) is 6.34. The maximum Gasteiger partial charge on any atom is 0.128 e. The molecule has 2 rings (SSSR count). The van der Waals surface area contributed by atoms with Crippen LogP contribution in [-0.4, -0.2) is 23.6 Å². The highest BCUT2D eigenvalue weighted by atomic mass is 15.2. The van der Waals surface area contributed by atoms with E-state index in [4.69, 9.17) is 4.98 Å². The van der Waals surface area contributed by atoms with Gasteiger partial charge in [0.15, 0.2) is 0 Å². The quantitative estimate of drug-likeness (QED) is 0.890. The Kier molecular flexibility index (Phi) is 3.91. The van der Waals surface area contributed by atoms with Gasteiger partial charge in [-0.05, 0) is 45.2 Å². The topological polar surface area (TPSA) is 28.2 Å². The van der Waals surface area contributed by atoms with Crippen LogP contribution < -0.4 is 10.2 Å². The highest BCUT2D eigenvalue weighted by Crippen LogP contribution is 2.21. The van der Waals surface area contributed by atoms with Gasteiger partial charge in [0.05, 0.1) is 5.69 Å². The van der Waals surface area contributed by atoms with E-state index < -0.39 is 0 Å². The first-order valence-corrected chi connectivity index (χ1v) is 6.90. The van der Waals surface area contributed by atoms with Crippen molar-refractivity contribution >= 4 is 5.82 Å². The molecule has 100 valence electrons. The van der Waals surface area contributed by atoms with Gasteiger partial charge < -0.3 is 10.2 Å². The van der Waals surface area contributed by atoms with Crippen LogP contribution in [-0.2, 0) is 6.54 Å². The first kappa shape index (κ1) is 13.3. The summed E-state index contributed by atoms with van der Waals surface area (Å²) in [6.07, 6.45) is 1.28. The largest absolute Gasteiger partial charge is 0.356 e. The van der Waals surface area contributed by atoms with Gasteiger partial charge >= 0.3 is 0 Å². The lowest BCUT2D eigenvalue weighted by molar-refractivity contribution is 0.421. The molecule has 1 saturated heterocycles. The van der Waals surface area contributed by atoms with Crippen LogP contribution in [0.15, 0.2) is 18.2 Å². The fraction of sp³-hybridized carbons (Fsp3) is 0.667. The lowest BCUT2D eigenvalue weighted by Gasteiger charge is -2.21. The molecule has 1 atom stereocenters. The van der Waals surface area contributed by atoms with E-state index in [1.165, 1.54) is 6.42 Å². The molecule has 1 aliphatic heterocycles. The first-order chi connectivity index (χ1) is 8.44. The maximum atomic E-state index is 4.76. The smallest absolute Gasteiger partial charge is 0.128 e. The number of aromatic nitrogens is 1. The van der Waals surface area contributed by atoms with E-state index in [1.807, 2.05) is 0 Å². The molecule has 0 bridgehead atoms. The third-order valence-corrected chi connectivity index (χ3v) is 3.34. The molecule has 1 aliphatic rings. The second-order valence-corrected chi connectivity index (χ2v) is 6.43. The van der Waals surface area contributed by atoms with Gasteiger partial charge in [-0.25, -0.2) is 4.98 Å². The third-order valence-electron chi connectivity index (χ3n) is 3.34. The Morgan fingerprint density at radius 3 is 2.78 bits per heavy atom. The zero-order chi connectivity index (χ0) is 13.2. The molecule has 1 N–H and O–H groups in total. The number of nitrogens with one attached hydrogen (secondary N) is 1. The summed E-state index contributed by atoms with van der Waals surface area (Å²) in [4.78, 5) is 7.15. The van der Waals surface area contributed by atoms with Crippen LogP contribution in [0.1, 0.15) is 39.8 Å². The molecule has 18 heavy (non-hydrogen) atoms. The Labute approximate surface area is 111 Å². The predicted octanol–water partition coefficient (Wildman–Crippen LogP) is 2.82. The molecule has 1 aromatic heterocycles. The average molecular weight is 247 g/mol. The molecule has 3 nitrogen and oxygen atoms in total. The molecule has 0 spiro atoms. The van der Waals surface area contributed by atoms with Gasteiger partial charge in [-0.3, -0.25) is 0 Å². The van der Waals surface area contributed by atoms with Crippen molar-refractivity contribution in [1.29, 1.82) is 0 Å². The number of hydrogen-bond donors (Lipinski definition) is 1. The molecule has 0 saturated carbocycles. The van der Waals surface area contributed by atoms with E-state index in [9.17, 15) is 0 Å². The third kappa shape index (κ3) is 3.70. The van der Waals surface area contributed by atoms with E-state index in [0.717, 1.165) is 37.1 Å². The van der Waals surface area contributed by atoms with Crippen molar-refractivity contribution in [3.05, 3.63) is 23.9 Å². The Balaban J connectivity index is 2.01. The van der Waals surface area contributed by atoms with E-state index in [-0.39, 0.29) is 5.54 Å². The van der Waals surface area contributed by atoms with Crippen LogP contribution in [0.25, 0.3) is 0 Å². The zero-order valence-corrected chi connectivity index (χ0v) is 12.0. The zero-order valence-electron chi connectivity index (χ0n) is 12.0. The average Bonchev–Trinajstić information content (AvgIpc) is 2.73. The molecule has 0 radical (unpaired) electrons. The van der Waals surface area contributed by atoms with Crippen molar-refractivity contribution in [2.75, 3.05) is 18.0 Å². The van der Waals surface area contributed by atoms with Gasteiger partial charge in [0.25, 0.3) is 0 Å². The minimum Gasteiger partial charge on any atom is -0.356 e. The summed E-state index contributed by atoms with van der Waals surface area (Å²) in [5.41, 5.74) is 1.27. The second kappa shape index (κ2) is 5.27. The van der Waals surface area contributed by atoms with Crippen LogP contribution in [0.5, 0.6) is 0 Å². The Morgan fingerprint density at radius 1 is 1.39 bits per heavy atom. The van der Waals surface area contributed by atoms with Gasteiger partial charge in [-0.2, -0.15) is 0 Å². The van der Waals surface area contributed by atoms with E-state index in [1.54, 1.807) is 0 Å². The van der Waals surface area contributed by atoms with Crippen molar-refractivity contribution in [3.8, 4) is 0 Å². The Bertz CT molecular complexity index is 395. The van der Waals surface area contributed by atoms with Crippen LogP contribution in [0.2, 0.25) is 0 Å². The summed E-state index contributed by atoms with van der Waals surface area (Å²) in [5, 5.41) is 3.48. The SMILES string of the molecule is CC1CCN(c2cccc(CNC(C)(C)C)n2)C1. The van der Waals surface area contributed by atoms with Crippen molar-refractivity contribution in [2.45, 2.75) is 46.2 Å². The lowest BCUT2D eigenvalue weighted by Crippen LogP contribution is -2.35. The molecule has 0 amide bonds. The molecule has 1 aromatic rings. The summed E-state index contributed by atoms with van der Waals surface area (Å²) in [6.45, 7) is 12.0. The maximum absolute atomic E-state index is 4.76. The summed E-state index contributed by atoms with van der Waals surface area (Å²) < 4.78 is 0. The van der Waals surface area contributed by atoms with Gasteiger partial charge in [0.2, 0.25) is 0 Å². The van der Waals surface area contributed by atoms with E-state index in [0.29, 0.717) is 0 Å². The molecule has 1 fully saturated rings. The van der Waals surface area contributed by atoms with Crippen LogP contribution in [0.3, 0.4) is 0 Å². The summed E-state index contributed by atoms with van der Waals surface area (Å²) in [5.74, 6) is 1.93. The van der Waals surface area contributed by atoms with Gasteiger partial charge in [0.1, 0.15) is 5.82 Å². The van der Waals surface area contributed by atoms with E-state index >= 15 is 0 Å². The monoisotopic (exact) mass is 247 g/mol. The fourth-order valence-corrected chi connectivity index (χ4v) is 2.24. The molecule has 3 heteroatoms.